The number of hydrogen-bond donors (Lipinski definition) is 1. The van der Waals surface area contributed by atoms with Gasteiger partial charge in [0.2, 0.25) is 5.95 Å². The number of rotatable bonds is 9. The first-order chi connectivity index (χ1) is 20.3. The molecule has 0 saturated carbocycles. The standard InChI is InChI=1S/C31H42BN8O2Si/c1-30(2,3)43(6,7)42-20-31(4)19-39(32-21-41)28-23(16-33)14-22(15-26(28)31)27-8-11-34-29(37-27)36-24-17-35-40(18-24)25-9-12-38(5)13-10-25/h8,11,14-15,17-18,21,25H,9-10,12-13,19-20H2,1-7H3,(H,34,36,37). The number of aromatic nitrogens is 4. The first-order valence-corrected chi connectivity index (χ1v) is 17.9. The van der Waals surface area contributed by atoms with Crippen LogP contribution in [-0.4, -0.2) is 79.9 Å². The summed E-state index contributed by atoms with van der Waals surface area (Å²) < 4.78 is 8.74. The molecule has 1 unspecified atom stereocenters. The number of nitriles is 1. The lowest BCUT2D eigenvalue weighted by Crippen LogP contribution is -2.46. The van der Waals surface area contributed by atoms with Crippen LogP contribution in [0.5, 0.6) is 0 Å². The first-order valence-electron chi connectivity index (χ1n) is 14.9. The molecule has 1 saturated heterocycles. The Labute approximate surface area is 256 Å². The van der Waals surface area contributed by atoms with Gasteiger partial charge in [-0.05, 0) is 74.9 Å². The van der Waals surface area contributed by atoms with Gasteiger partial charge in [-0.3, -0.25) is 4.68 Å². The number of anilines is 3. The topological polar surface area (TPSA) is 112 Å². The van der Waals surface area contributed by atoms with Gasteiger partial charge in [0.1, 0.15) is 12.3 Å². The van der Waals surface area contributed by atoms with Crippen molar-refractivity contribution in [3.63, 3.8) is 0 Å². The molecular weight excluding hydrogens is 555 g/mol. The molecule has 2 aromatic heterocycles. The molecule has 1 aromatic carbocycles. The Morgan fingerprint density at radius 1 is 1.28 bits per heavy atom. The lowest BCUT2D eigenvalue weighted by molar-refractivity contribution is 0.212. The summed E-state index contributed by atoms with van der Waals surface area (Å²) in [6.45, 7) is 16.5. The van der Waals surface area contributed by atoms with Gasteiger partial charge >= 0.3 is 7.41 Å². The predicted molar refractivity (Wildman–Crippen MR) is 174 cm³/mol. The lowest BCUT2D eigenvalue weighted by atomic mass is 9.83. The van der Waals surface area contributed by atoms with Crippen LogP contribution in [0.4, 0.5) is 17.3 Å². The summed E-state index contributed by atoms with van der Waals surface area (Å²) in [5.74, 6) is 0.458. The second-order valence-corrected chi connectivity index (χ2v) is 18.5. The van der Waals surface area contributed by atoms with E-state index < -0.39 is 13.7 Å². The number of carbonyl (C=O) groups is 1. The number of nitrogens with zero attached hydrogens (tertiary/aromatic N) is 7. The van der Waals surface area contributed by atoms with E-state index >= 15 is 0 Å². The van der Waals surface area contributed by atoms with Crippen molar-refractivity contribution in [2.75, 3.05) is 43.4 Å². The van der Waals surface area contributed by atoms with Gasteiger partial charge < -0.3 is 24.2 Å². The molecule has 10 nitrogen and oxygen atoms in total. The summed E-state index contributed by atoms with van der Waals surface area (Å²) >= 11 is 0. The normalized spacial score (nSPS) is 19.6. The van der Waals surface area contributed by atoms with Crippen LogP contribution < -0.4 is 10.1 Å². The van der Waals surface area contributed by atoms with Crippen LogP contribution in [0.3, 0.4) is 0 Å². The smallest absolute Gasteiger partial charge is 0.329 e. The van der Waals surface area contributed by atoms with E-state index in [1.54, 1.807) is 6.20 Å². The number of carbonyl (C=O) groups excluding carboxylic acids is 1. The Balaban J connectivity index is 1.44. The van der Waals surface area contributed by atoms with Gasteiger partial charge in [0, 0.05) is 42.2 Å². The Morgan fingerprint density at radius 2 is 2.02 bits per heavy atom. The van der Waals surface area contributed by atoms with Crippen LogP contribution in [-0.2, 0) is 14.6 Å². The van der Waals surface area contributed by atoms with E-state index in [4.69, 9.17) is 9.41 Å². The van der Waals surface area contributed by atoms with Gasteiger partial charge in [0.05, 0.1) is 29.2 Å². The minimum atomic E-state index is -2.04. The minimum Gasteiger partial charge on any atom is -0.416 e. The third-order valence-electron chi connectivity index (χ3n) is 9.36. The minimum absolute atomic E-state index is 0.0625. The van der Waals surface area contributed by atoms with E-state index in [1.165, 1.54) is 7.41 Å². The molecule has 0 bridgehead atoms. The predicted octanol–water partition coefficient (Wildman–Crippen LogP) is 5.13. The zero-order chi connectivity index (χ0) is 31.0. The highest BCUT2D eigenvalue weighted by atomic mass is 28.4. The van der Waals surface area contributed by atoms with Crippen LogP contribution in [0, 0.1) is 11.3 Å². The maximum absolute atomic E-state index is 11.6. The van der Waals surface area contributed by atoms with Crippen molar-refractivity contribution in [2.24, 2.45) is 0 Å². The summed E-state index contributed by atoms with van der Waals surface area (Å²) in [4.78, 5) is 25.1. The molecule has 2 aliphatic rings. The average Bonchev–Trinajstić information content (AvgIpc) is 3.54. The Bertz CT molecular complexity index is 1520. The van der Waals surface area contributed by atoms with Crippen LogP contribution in [0.25, 0.3) is 11.3 Å². The van der Waals surface area contributed by atoms with E-state index in [-0.39, 0.29) is 5.04 Å². The summed E-state index contributed by atoms with van der Waals surface area (Å²) in [6, 6.07) is 8.54. The maximum Gasteiger partial charge on any atom is 0.329 e. The third-order valence-corrected chi connectivity index (χ3v) is 13.8. The van der Waals surface area contributed by atoms with Crippen LogP contribution in [0.2, 0.25) is 18.1 Å². The van der Waals surface area contributed by atoms with Crippen LogP contribution in [0.15, 0.2) is 36.8 Å². The van der Waals surface area contributed by atoms with Gasteiger partial charge in [-0.1, -0.05) is 27.7 Å². The van der Waals surface area contributed by atoms with Crippen molar-refractivity contribution in [3.8, 4) is 17.3 Å². The summed E-state index contributed by atoms with van der Waals surface area (Å²) in [5.41, 5.74) is 4.15. The molecule has 1 N–H and O–H groups in total. The molecule has 1 atom stereocenters. The van der Waals surface area contributed by atoms with E-state index in [9.17, 15) is 10.1 Å². The summed E-state index contributed by atoms with van der Waals surface area (Å²) in [6.07, 6.45) is 8.47. The number of benzene rings is 1. The largest absolute Gasteiger partial charge is 0.416 e. The quantitative estimate of drug-likeness (QED) is 0.265. The number of likely N-dealkylation sites (tertiary alicyclic amines) is 1. The van der Waals surface area contributed by atoms with Crippen molar-refractivity contribution in [3.05, 3.63) is 47.9 Å². The SMILES string of the molecule is CN1CCC(n2cc(Nc3nccc(-c4cc(C#N)c5c(c4)C(C)(CO[Si](C)(C)C(C)(C)C)CN5[B]C=O)n3)cn2)CC1. The maximum atomic E-state index is 11.6. The lowest BCUT2D eigenvalue weighted by Gasteiger charge is -2.39. The Hall–Kier alpha value is -3.53. The average molecular weight is 598 g/mol. The Morgan fingerprint density at radius 3 is 2.70 bits per heavy atom. The molecule has 0 spiro atoms. The number of hydrogen-bond acceptors (Lipinski definition) is 9. The third kappa shape index (κ3) is 6.39. The molecule has 0 aliphatic carbocycles. The zero-order valence-corrected chi connectivity index (χ0v) is 27.4. The second-order valence-electron chi connectivity index (χ2n) is 13.7. The van der Waals surface area contributed by atoms with Gasteiger partial charge in [-0.2, -0.15) is 10.4 Å². The molecule has 5 rings (SSSR count). The molecule has 225 valence electrons. The molecule has 1 fully saturated rings. The van der Waals surface area contributed by atoms with E-state index in [2.05, 4.69) is 80.3 Å². The zero-order valence-electron chi connectivity index (χ0n) is 26.4. The van der Waals surface area contributed by atoms with Crippen LogP contribution in [0.1, 0.15) is 57.7 Å². The Kier molecular flexibility index (Phi) is 8.53. The van der Waals surface area contributed by atoms with Gasteiger partial charge in [0.15, 0.2) is 8.32 Å². The number of fused-ring (bicyclic) bond motifs is 1. The highest BCUT2D eigenvalue weighted by molar-refractivity contribution is 6.74. The second kappa shape index (κ2) is 11.9. The molecule has 43 heavy (non-hydrogen) atoms. The fraction of sp³-hybridized carbons (Fsp3) is 0.516. The van der Waals surface area contributed by atoms with Crippen molar-refractivity contribution < 1.29 is 9.22 Å². The highest BCUT2D eigenvalue weighted by Crippen LogP contribution is 2.46. The first kappa shape index (κ1) is 30.9. The molecule has 2 aliphatic heterocycles. The number of piperidine rings is 1. The molecule has 12 heteroatoms. The molecule has 3 aromatic rings. The van der Waals surface area contributed by atoms with E-state index in [0.29, 0.717) is 36.4 Å². The highest BCUT2D eigenvalue weighted by Gasteiger charge is 2.44. The van der Waals surface area contributed by atoms with Crippen molar-refractivity contribution in [1.82, 2.24) is 24.6 Å². The van der Waals surface area contributed by atoms with E-state index in [1.807, 2.05) is 34.0 Å². The van der Waals surface area contributed by atoms with Gasteiger partial charge in [-0.15, -0.1) is 0 Å². The molecular formula is C31H42BN8O2Si. The summed E-state index contributed by atoms with van der Waals surface area (Å²) in [5, 5.41) is 18.2. The van der Waals surface area contributed by atoms with Crippen molar-refractivity contribution in [2.45, 2.75) is 70.1 Å². The van der Waals surface area contributed by atoms with Crippen molar-refractivity contribution >= 4 is 39.2 Å². The molecule has 1 radical (unpaired) electrons. The molecule has 4 heterocycles. The van der Waals surface area contributed by atoms with Gasteiger partial charge in [0.25, 0.3) is 0 Å². The fourth-order valence-corrected chi connectivity index (χ4v) is 6.74. The summed E-state index contributed by atoms with van der Waals surface area (Å²) in [7, 11) is 1.62. The van der Waals surface area contributed by atoms with Gasteiger partial charge in [-0.25, -0.2) is 9.97 Å². The van der Waals surface area contributed by atoms with Crippen molar-refractivity contribution in [1.29, 1.82) is 5.26 Å². The molecule has 0 amide bonds. The van der Waals surface area contributed by atoms with Crippen LogP contribution >= 0.6 is 0 Å². The number of nitrogens with one attached hydrogen (secondary N) is 1. The van der Waals surface area contributed by atoms with E-state index in [0.717, 1.165) is 54.6 Å². The fourth-order valence-electron chi connectivity index (χ4n) is 5.63. The monoisotopic (exact) mass is 597 g/mol.